The van der Waals surface area contributed by atoms with E-state index in [9.17, 15) is 4.79 Å². The maximum Gasteiger partial charge on any atom is 0.240 e. The van der Waals surface area contributed by atoms with Gasteiger partial charge in [0.25, 0.3) is 0 Å². The molecule has 3 aromatic rings. The van der Waals surface area contributed by atoms with E-state index in [1.165, 1.54) is 0 Å². The van der Waals surface area contributed by atoms with E-state index in [0.29, 0.717) is 28.8 Å². The topological polar surface area (TPSA) is 80.9 Å². The molecule has 3 heterocycles. The van der Waals surface area contributed by atoms with E-state index in [0.717, 1.165) is 5.76 Å². The number of aromatic nitrogens is 3. The molecule has 0 saturated carbocycles. The Kier molecular flexibility index (Phi) is 4.34. The minimum absolute atomic E-state index is 0.155. The zero-order valence-electron chi connectivity index (χ0n) is 12.3. The summed E-state index contributed by atoms with van der Waals surface area (Å²) in [4.78, 5) is 24.6. The number of halogens is 1. The normalized spacial score (nSPS) is 10.5. The standard InChI is InChI=1S/C16H13ClN4O2/c1-10-5-6-13(23-10)16-19-12(11-4-2-3-7-18-11)8-14(21-16)20-15(22)9-17/h2-8H,9H2,1H3,(H,19,20,21,22). The predicted molar refractivity (Wildman–Crippen MR) is 87.1 cm³/mol. The average Bonchev–Trinajstić information content (AvgIpc) is 3.02. The van der Waals surface area contributed by atoms with E-state index < -0.39 is 0 Å². The molecular formula is C16H13ClN4O2. The smallest absolute Gasteiger partial charge is 0.240 e. The van der Waals surface area contributed by atoms with Crippen LogP contribution in [0.5, 0.6) is 0 Å². The fourth-order valence-electron chi connectivity index (χ4n) is 2.00. The quantitative estimate of drug-likeness (QED) is 0.743. The molecule has 0 radical (unpaired) electrons. The molecule has 0 aliphatic rings. The number of nitrogens with one attached hydrogen (secondary N) is 1. The molecule has 0 aliphatic carbocycles. The van der Waals surface area contributed by atoms with E-state index in [2.05, 4.69) is 20.3 Å². The highest BCUT2D eigenvalue weighted by Crippen LogP contribution is 2.24. The van der Waals surface area contributed by atoms with Crippen molar-refractivity contribution in [2.24, 2.45) is 0 Å². The molecular weight excluding hydrogens is 316 g/mol. The van der Waals surface area contributed by atoms with Gasteiger partial charge in [-0.05, 0) is 31.2 Å². The van der Waals surface area contributed by atoms with Crippen LogP contribution < -0.4 is 5.32 Å². The van der Waals surface area contributed by atoms with Crippen molar-refractivity contribution in [3.63, 3.8) is 0 Å². The minimum Gasteiger partial charge on any atom is -0.458 e. The van der Waals surface area contributed by atoms with Crippen LogP contribution in [0.15, 0.2) is 47.0 Å². The van der Waals surface area contributed by atoms with E-state index >= 15 is 0 Å². The summed E-state index contributed by atoms with van der Waals surface area (Å²) in [7, 11) is 0. The Morgan fingerprint density at radius 3 is 2.74 bits per heavy atom. The van der Waals surface area contributed by atoms with Crippen LogP contribution in [0.3, 0.4) is 0 Å². The zero-order valence-corrected chi connectivity index (χ0v) is 13.0. The lowest BCUT2D eigenvalue weighted by atomic mass is 10.2. The Bertz CT molecular complexity index is 833. The molecule has 6 nitrogen and oxygen atoms in total. The molecule has 3 aromatic heterocycles. The third-order valence-electron chi connectivity index (χ3n) is 3.00. The predicted octanol–water partition coefficient (Wildman–Crippen LogP) is 3.28. The summed E-state index contributed by atoms with van der Waals surface area (Å²) in [5, 5.41) is 2.63. The Morgan fingerprint density at radius 2 is 2.09 bits per heavy atom. The van der Waals surface area contributed by atoms with E-state index in [1.807, 2.05) is 31.2 Å². The van der Waals surface area contributed by atoms with Gasteiger partial charge in [0.05, 0.1) is 11.4 Å². The molecule has 0 atom stereocenters. The number of carbonyl (C=O) groups is 1. The average molecular weight is 329 g/mol. The summed E-state index contributed by atoms with van der Waals surface area (Å²) in [6.07, 6.45) is 1.67. The van der Waals surface area contributed by atoms with Crippen LogP contribution in [-0.2, 0) is 4.79 Å². The molecule has 0 aliphatic heterocycles. The lowest BCUT2D eigenvalue weighted by Gasteiger charge is -2.07. The molecule has 0 unspecified atom stereocenters. The van der Waals surface area contributed by atoms with Crippen LogP contribution in [0, 0.1) is 6.92 Å². The first-order chi connectivity index (χ1) is 11.2. The number of carbonyl (C=O) groups excluding carboxylic acids is 1. The first-order valence-corrected chi connectivity index (χ1v) is 7.42. The highest BCUT2D eigenvalue weighted by Gasteiger charge is 2.13. The van der Waals surface area contributed by atoms with Crippen molar-refractivity contribution >= 4 is 23.3 Å². The number of furan rings is 1. The van der Waals surface area contributed by atoms with Gasteiger partial charge in [-0.1, -0.05) is 6.07 Å². The largest absolute Gasteiger partial charge is 0.458 e. The molecule has 0 fully saturated rings. The summed E-state index contributed by atoms with van der Waals surface area (Å²) >= 11 is 5.53. The SMILES string of the molecule is Cc1ccc(-c2nc(NC(=O)CCl)cc(-c3ccccn3)n2)o1. The van der Waals surface area contributed by atoms with Crippen molar-refractivity contribution in [3.8, 4) is 23.0 Å². The van der Waals surface area contributed by atoms with E-state index in [-0.39, 0.29) is 11.8 Å². The van der Waals surface area contributed by atoms with Gasteiger partial charge in [-0.15, -0.1) is 11.6 Å². The number of rotatable bonds is 4. The van der Waals surface area contributed by atoms with Crippen molar-refractivity contribution in [2.75, 3.05) is 11.2 Å². The van der Waals surface area contributed by atoms with Crippen molar-refractivity contribution in [1.29, 1.82) is 0 Å². The zero-order chi connectivity index (χ0) is 16.2. The fourth-order valence-corrected chi connectivity index (χ4v) is 2.06. The summed E-state index contributed by atoms with van der Waals surface area (Å²) < 4.78 is 5.56. The second-order valence-electron chi connectivity index (χ2n) is 4.77. The van der Waals surface area contributed by atoms with Crippen LogP contribution >= 0.6 is 11.6 Å². The fraction of sp³-hybridized carbons (Fsp3) is 0.125. The van der Waals surface area contributed by atoms with Crippen molar-refractivity contribution in [3.05, 3.63) is 48.4 Å². The third-order valence-corrected chi connectivity index (χ3v) is 3.25. The molecule has 1 N–H and O–H groups in total. The van der Waals surface area contributed by atoms with Crippen LogP contribution in [0.1, 0.15) is 5.76 Å². The number of aryl methyl sites for hydroxylation is 1. The van der Waals surface area contributed by atoms with Gasteiger partial charge in [-0.2, -0.15) is 0 Å². The van der Waals surface area contributed by atoms with Gasteiger partial charge >= 0.3 is 0 Å². The van der Waals surface area contributed by atoms with Crippen molar-refractivity contribution in [2.45, 2.75) is 6.92 Å². The van der Waals surface area contributed by atoms with Crippen LogP contribution in [0.2, 0.25) is 0 Å². The first-order valence-electron chi connectivity index (χ1n) is 6.89. The molecule has 7 heteroatoms. The van der Waals surface area contributed by atoms with E-state index in [4.69, 9.17) is 16.0 Å². The number of nitrogens with zero attached hydrogens (tertiary/aromatic N) is 3. The van der Waals surface area contributed by atoms with Crippen molar-refractivity contribution in [1.82, 2.24) is 15.0 Å². The van der Waals surface area contributed by atoms with Gasteiger partial charge in [0, 0.05) is 12.3 Å². The monoisotopic (exact) mass is 328 g/mol. The van der Waals surface area contributed by atoms with Gasteiger partial charge in [0.2, 0.25) is 5.91 Å². The molecule has 0 saturated heterocycles. The molecule has 23 heavy (non-hydrogen) atoms. The van der Waals surface area contributed by atoms with Gasteiger partial charge in [-0.25, -0.2) is 9.97 Å². The molecule has 116 valence electrons. The van der Waals surface area contributed by atoms with Crippen LogP contribution in [0.25, 0.3) is 23.0 Å². The molecule has 0 bridgehead atoms. The van der Waals surface area contributed by atoms with Crippen LogP contribution in [-0.4, -0.2) is 26.7 Å². The second kappa shape index (κ2) is 6.58. The van der Waals surface area contributed by atoms with Crippen LogP contribution in [0.4, 0.5) is 5.82 Å². The van der Waals surface area contributed by atoms with Gasteiger partial charge in [-0.3, -0.25) is 9.78 Å². The highest BCUT2D eigenvalue weighted by atomic mass is 35.5. The molecule has 3 rings (SSSR count). The van der Waals surface area contributed by atoms with Gasteiger partial charge in [0.1, 0.15) is 17.5 Å². The lowest BCUT2D eigenvalue weighted by molar-refractivity contribution is -0.113. The number of hydrogen-bond acceptors (Lipinski definition) is 5. The Hall–Kier alpha value is -2.73. The Labute approximate surface area is 137 Å². The summed E-state index contributed by atoms with van der Waals surface area (Å²) in [6, 6.07) is 10.7. The Balaban J connectivity index is 2.08. The maximum absolute atomic E-state index is 11.5. The second-order valence-corrected chi connectivity index (χ2v) is 5.04. The number of amides is 1. The van der Waals surface area contributed by atoms with Gasteiger partial charge in [0.15, 0.2) is 11.6 Å². The highest BCUT2D eigenvalue weighted by molar-refractivity contribution is 6.29. The maximum atomic E-state index is 11.5. The summed E-state index contributed by atoms with van der Waals surface area (Å²) in [5.74, 6) is 1.47. The third kappa shape index (κ3) is 3.54. The number of anilines is 1. The summed E-state index contributed by atoms with van der Waals surface area (Å²) in [5.41, 5.74) is 1.25. The molecule has 0 aromatic carbocycles. The van der Waals surface area contributed by atoms with Gasteiger partial charge < -0.3 is 9.73 Å². The summed E-state index contributed by atoms with van der Waals surface area (Å²) in [6.45, 7) is 1.84. The number of pyridine rings is 1. The number of hydrogen-bond donors (Lipinski definition) is 1. The van der Waals surface area contributed by atoms with E-state index in [1.54, 1.807) is 18.3 Å². The lowest BCUT2D eigenvalue weighted by Crippen LogP contribution is -2.14. The van der Waals surface area contributed by atoms with Crippen molar-refractivity contribution < 1.29 is 9.21 Å². The minimum atomic E-state index is -0.348. The first kappa shape index (κ1) is 15.2. The molecule has 0 spiro atoms. The number of alkyl halides is 1. The Morgan fingerprint density at radius 1 is 1.22 bits per heavy atom. The molecule has 1 amide bonds.